The molecule has 0 unspecified atom stereocenters. The van der Waals surface area contributed by atoms with Crippen molar-refractivity contribution < 1.29 is 9.53 Å². The monoisotopic (exact) mass is 205 g/mol. The fourth-order valence-corrected chi connectivity index (χ4v) is 1.34. The maximum Gasteiger partial charge on any atom is 0.310 e. The molecule has 0 fully saturated rings. The van der Waals surface area contributed by atoms with Crippen molar-refractivity contribution in [1.82, 2.24) is 14.6 Å². The molecule has 0 saturated heterocycles. The van der Waals surface area contributed by atoms with Gasteiger partial charge in [-0.3, -0.25) is 4.79 Å². The van der Waals surface area contributed by atoms with E-state index < -0.39 is 0 Å². The van der Waals surface area contributed by atoms with Crippen LogP contribution in [0.5, 0.6) is 0 Å². The first-order chi connectivity index (χ1) is 7.29. The minimum Gasteiger partial charge on any atom is -0.466 e. The fraction of sp³-hybridized carbons (Fsp3) is 0.300. The molecule has 0 aliphatic rings. The molecule has 0 atom stereocenters. The van der Waals surface area contributed by atoms with Crippen molar-refractivity contribution in [2.75, 3.05) is 6.61 Å². The SMILES string of the molecule is CCOC(=O)Cc1ccc2ncnn2c1. The summed E-state index contributed by atoms with van der Waals surface area (Å²) in [6.45, 7) is 2.20. The number of esters is 1. The van der Waals surface area contributed by atoms with Crippen molar-refractivity contribution in [2.45, 2.75) is 13.3 Å². The summed E-state index contributed by atoms with van der Waals surface area (Å²) in [5.41, 5.74) is 1.63. The molecule has 0 bridgehead atoms. The van der Waals surface area contributed by atoms with E-state index in [9.17, 15) is 4.79 Å². The summed E-state index contributed by atoms with van der Waals surface area (Å²) in [6, 6.07) is 3.67. The van der Waals surface area contributed by atoms with Crippen LogP contribution < -0.4 is 0 Å². The highest BCUT2D eigenvalue weighted by Gasteiger charge is 2.04. The molecule has 5 heteroatoms. The molecule has 0 radical (unpaired) electrons. The zero-order chi connectivity index (χ0) is 10.7. The summed E-state index contributed by atoms with van der Waals surface area (Å²) in [5, 5.41) is 3.99. The van der Waals surface area contributed by atoms with Crippen LogP contribution in [-0.2, 0) is 16.0 Å². The maximum atomic E-state index is 11.2. The van der Waals surface area contributed by atoms with Crippen LogP contribution in [0, 0.1) is 0 Å². The summed E-state index contributed by atoms with van der Waals surface area (Å²) in [7, 11) is 0. The van der Waals surface area contributed by atoms with Crippen LogP contribution in [0.25, 0.3) is 5.65 Å². The second-order valence-electron chi connectivity index (χ2n) is 3.08. The van der Waals surface area contributed by atoms with Gasteiger partial charge in [0.15, 0.2) is 5.65 Å². The first-order valence-electron chi connectivity index (χ1n) is 4.73. The molecule has 2 heterocycles. The van der Waals surface area contributed by atoms with Crippen molar-refractivity contribution in [3.8, 4) is 0 Å². The van der Waals surface area contributed by atoms with Crippen LogP contribution in [-0.4, -0.2) is 27.2 Å². The Hall–Kier alpha value is -1.91. The molecule has 78 valence electrons. The molecule has 0 N–H and O–H groups in total. The third kappa shape index (κ3) is 2.12. The lowest BCUT2D eigenvalue weighted by Gasteiger charge is -2.01. The highest BCUT2D eigenvalue weighted by molar-refractivity contribution is 5.72. The summed E-state index contributed by atoms with van der Waals surface area (Å²) in [6.07, 6.45) is 3.52. The number of carbonyl (C=O) groups is 1. The Bertz CT molecular complexity index is 478. The summed E-state index contributed by atoms with van der Waals surface area (Å²) >= 11 is 0. The molecule has 0 aromatic carbocycles. The van der Waals surface area contributed by atoms with Crippen molar-refractivity contribution in [2.24, 2.45) is 0 Å². The Labute approximate surface area is 86.7 Å². The van der Waals surface area contributed by atoms with Crippen LogP contribution in [0.1, 0.15) is 12.5 Å². The molecule has 15 heavy (non-hydrogen) atoms. The molecular formula is C10H11N3O2. The lowest BCUT2D eigenvalue weighted by molar-refractivity contribution is -0.142. The van der Waals surface area contributed by atoms with Crippen LogP contribution in [0.15, 0.2) is 24.7 Å². The van der Waals surface area contributed by atoms with Crippen LogP contribution in [0.2, 0.25) is 0 Å². The van der Waals surface area contributed by atoms with E-state index in [0.29, 0.717) is 6.61 Å². The Kier molecular flexibility index (Phi) is 2.62. The van der Waals surface area contributed by atoms with Gasteiger partial charge in [-0.25, -0.2) is 9.50 Å². The number of fused-ring (bicyclic) bond motifs is 1. The Morgan fingerprint density at radius 1 is 1.53 bits per heavy atom. The van der Waals surface area contributed by atoms with Crippen molar-refractivity contribution in [3.63, 3.8) is 0 Å². The average molecular weight is 205 g/mol. The van der Waals surface area contributed by atoms with E-state index in [4.69, 9.17) is 4.74 Å². The average Bonchev–Trinajstić information content (AvgIpc) is 2.65. The molecule has 2 rings (SSSR count). The van der Waals surface area contributed by atoms with E-state index in [-0.39, 0.29) is 12.4 Å². The van der Waals surface area contributed by atoms with Crippen molar-refractivity contribution in [3.05, 3.63) is 30.2 Å². The van der Waals surface area contributed by atoms with Crippen LogP contribution in [0.4, 0.5) is 0 Å². The quantitative estimate of drug-likeness (QED) is 0.696. The third-order valence-corrected chi connectivity index (χ3v) is 1.99. The molecule has 0 aliphatic carbocycles. The third-order valence-electron chi connectivity index (χ3n) is 1.99. The van der Waals surface area contributed by atoms with E-state index in [1.165, 1.54) is 6.33 Å². The molecule has 0 amide bonds. The van der Waals surface area contributed by atoms with E-state index in [2.05, 4.69) is 10.1 Å². The lowest BCUT2D eigenvalue weighted by Crippen LogP contribution is -2.08. The fourth-order valence-electron chi connectivity index (χ4n) is 1.34. The first kappa shape index (κ1) is 9.64. The van der Waals surface area contributed by atoms with Crippen molar-refractivity contribution >= 4 is 11.6 Å². The standard InChI is InChI=1S/C10H11N3O2/c1-2-15-10(14)5-8-3-4-9-11-7-12-13(9)6-8/h3-4,6-7H,2,5H2,1H3. The highest BCUT2D eigenvalue weighted by Crippen LogP contribution is 2.04. The van der Waals surface area contributed by atoms with Gasteiger partial charge >= 0.3 is 5.97 Å². The predicted octanol–water partition coefficient (Wildman–Crippen LogP) is 0.835. The number of pyridine rings is 1. The number of ether oxygens (including phenoxy) is 1. The number of carbonyl (C=O) groups excluding carboxylic acids is 1. The maximum absolute atomic E-state index is 11.2. The number of hydrogen-bond acceptors (Lipinski definition) is 4. The summed E-state index contributed by atoms with van der Waals surface area (Å²) < 4.78 is 6.49. The van der Waals surface area contributed by atoms with Gasteiger partial charge in [-0.15, -0.1) is 0 Å². The van der Waals surface area contributed by atoms with Crippen LogP contribution in [0.3, 0.4) is 0 Å². The van der Waals surface area contributed by atoms with Crippen LogP contribution >= 0.6 is 0 Å². The second-order valence-corrected chi connectivity index (χ2v) is 3.08. The number of hydrogen-bond donors (Lipinski definition) is 0. The molecule has 2 aromatic heterocycles. The molecule has 0 saturated carbocycles. The Morgan fingerprint density at radius 2 is 2.40 bits per heavy atom. The van der Waals surface area contributed by atoms with Gasteiger partial charge in [0.1, 0.15) is 6.33 Å². The highest BCUT2D eigenvalue weighted by atomic mass is 16.5. The van der Waals surface area contributed by atoms with Gasteiger partial charge in [0.05, 0.1) is 13.0 Å². The van der Waals surface area contributed by atoms with Crippen molar-refractivity contribution in [1.29, 1.82) is 0 Å². The second kappa shape index (κ2) is 4.08. The molecule has 2 aromatic rings. The predicted molar refractivity (Wildman–Crippen MR) is 53.3 cm³/mol. The van der Waals surface area contributed by atoms with Gasteiger partial charge < -0.3 is 4.74 Å². The van der Waals surface area contributed by atoms with Gasteiger partial charge in [0.25, 0.3) is 0 Å². The van der Waals surface area contributed by atoms with Gasteiger partial charge in [0.2, 0.25) is 0 Å². The minimum atomic E-state index is -0.225. The largest absolute Gasteiger partial charge is 0.466 e. The topological polar surface area (TPSA) is 56.5 Å². The Balaban J connectivity index is 2.17. The number of nitrogens with zero attached hydrogens (tertiary/aromatic N) is 3. The molecule has 0 aliphatic heterocycles. The molecule has 0 spiro atoms. The minimum absolute atomic E-state index is 0.225. The summed E-state index contributed by atoms with van der Waals surface area (Å²) in [4.78, 5) is 15.2. The number of rotatable bonds is 3. The first-order valence-corrected chi connectivity index (χ1v) is 4.73. The smallest absolute Gasteiger partial charge is 0.310 e. The van der Waals surface area contributed by atoms with E-state index in [1.807, 2.05) is 12.1 Å². The molecule has 5 nitrogen and oxygen atoms in total. The zero-order valence-corrected chi connectivity index (χ0v) is 8.38. The lowest BCUT2D eigenvalue weighted by atomic mass is 10.2. The van der Waals surface area contributed by atoms with Gasteiger partial charge in [-0.2, -0.15) is 5.10 Å². The molecular weight excluding hydrogens is 194 g/mol. The van der Waals surface area contributed by atoms with E-state index in [1.54, 1.807) is 17.6 Å². The van der Waals surface area contributed by atoms with Gasteiger partial charge in [-0.05, 0) is 18.6 Å². The normalized spacial score (nSPS) is 10.5. The van der Waals surface area contributed by atoms with E-state index >= 15 is 0 Å². The Morgan fingerprint density at radius 3 is 3.20 bits per heavy atom. The summed E-state index contributed by atoms with van der Waals surface area (Å²) in [5.74, 6) is -0.225. The van der Waals surface area contributed by atoms with Gasteiger partial charge in [0, 0.05) is 6.20 Å². The van der Waals surface area contributed by atoms with E-state index in [0.717, 1.165) is 11.2 Å². The number of aromatic nitrogens is 3. The van der Waals surface area contributed by atoms with Gasteiger partial charge in [-0.1, -0.05) is 6.07 Å². The zero-order valence-electron chi connectivity index (χ0n) is 8.38.